The second kappa shape index (κ2) is 8.30. The third-order valence-corrected chi connectivity index (χ3v) is 6.68. The van der Waals surface area contributed by atoms with E-state index < -0.39 is 18.4 Å². The molecule has 4 aromatic rings. The van der Waals surface area contributed by atoms with Crippen molar-refractivity contribution in [1.82, 2.24) is 29.3 Å². The molecule has 0 spiro atoms. The first kappa shape index (κ1) is 22.5. The lowest BCUT2D eigenvalue weighted by atomic mass is 9.95. The molecule has 11 heteroatoms. The number of anilines is 1. The van der Waals surface area contributed by atoms with Crippen LogP contribution in [0.15, 0.2) is 55.2 Å². The van der Waals surface area contributed by atoms with Gasteiger partial charge in [0.2, 0.25) is 0 Å². The summed E-state index contributed by atoms with van der Waals surface area (Å²) in [5.74, 6) is -2.93. The van der Waals surface area contributed by atoms with E-state index >= 15 is 8.78 Å². The number of hydrogen-bond acceptors (Lipinski definition) is 6. The molecule has 9 nitrogen and oxygen atoms in total. The standard InChI is InChI=1S/C25H23F2N7O2/c1-15(11-35)34-14-29-31-23(34)20-3-2-4-22(30-20)33-12-25(26,27)19-8-7-17(9-18(19)24(33)36)32-10-21(28-13-32)16-5-6-16/h2-4,7-10,13-16,35H,5-6,11-12H2,1H3. The number of rotatable bonds is 6. The highest BCUT2D eigenvalue weighted by atomic mass is 19.3. The summed E-state index contributed by atoms with van der Waals surface area (Å²) >= 11 is 0. The number of imidazole rings is 1. The monoisotopic (exact) mass is 491 g/mol. The van der Waals surface area contributed by atoms with Gasteiger partial charge in [-0.2, -0.15) is 8.78 Å². The predicted molar refractivity (Wildman–Crippen MR) is 126 cm³/mol. The van der Waals surface area contributed by atoms with Crippen molar-refractivity contribution >= 4 is 11.7 Å². The number of nitrogens with zero attached hydrogens (tertiary/aromatic N) is 7. The van der Waals surface area contributed by atoms with E-state index in [9.17, 15) is 9.90 Å². The zero-order valence-electron chi connectivity index (χ0n) is 19.4. The van der Waals surface area contributed by atoms with Crippen LogP contribution in [0.25, 0.3) is 17.2 Å². The van der Waals surface area contributed by atoms with Gasteiger partial charge in [-0.05, 0) is 44.0 Å². The molecule has 0 radical (unpaired) electrons. The highest BCUT2D eigenvalue weighted by Crippen LogP contribution is 2.41. The first-order valence-electron chi connectivity index (χ1n) is 11.7. The van der Waals surface area contributed by atoms with Gasteiger partial charge in [0.1, 0.15) is 17.8 Å². The topological polar surface area (TPSA) is 102 Å². The fraction of sp³-hybridized carbons (Fsp3) is 0.320. The summed E-state index contributed by atoms with van der Waals surface area (Å²) in [4.78, 5) is 23.4. The summed E-state index contributed by atoms with van der Waals surface area (Å²) in [6.45, 7) is 0.818. The summed E-state index contributed by atoms with van der Waals surface area (Å²) in [7, 11) is 0. The number of aliphatic hydroxyl groups excluding tert-OH is 1. The Morgan fingerprint density at radius 1 is 1.19 bits per heavy atom. The molecule has 1 unspecified atom stereocenters. The third-order valence-electron chi connectivity index (χ3n) is 6.68. The van der Waals surface area contributed by atoms with Gasteiger partial charge in [-0.15, -0.1) is 10.2 Å². The van der Waals surface area contributed by atoms with Gasteiger partial charge in [0.05, 0.1) is 36.8 Å². The molecule has 1 saturated carbocycles. The summed E-state index contributed by atoms with van der Waals surface area (Å²) in [6.07, 6.45) is 7.20. The van der Waals surface area contributed by atoms with E-state index in [0.717, 1.165) is 23.4 Å². The molecule has 3 aromatic heterocycles. The van der Waals surface area contributed by atoms with E-state index in [1.807, 2.05) is 6.20 Å². The van der Waals surface area contributed by atoms with Crippen molar-refractivity contribution in [3.63, 3.8) is 0 Å². The maximum Gasteiger partial charge on any atom is 0.291 e. The Bertz CT molecular complexity index is 1460. The smallest absolute Gasteiger partial charge is 0.291 e. The lowest BCUT2D eigenvalue weighted by Crippen LogP contribution is -2.46. The summed E-state index contributed by atoms with van der Waals surface area (Å²) in [5.41, 5.74) is 1.53. The minimum atomic E-state index is -3.26. The molecule has 4 heterocycles. The maximum absolute atomic E-state index is 15.3. The van der Waals surface area contributed by atoms with Crippen LogP contribution in [0.3, 0.4) is 0 Å². The molecule has 1 N–H and O–H groups in total. The van der Waals surface area contributed by atoms with Crippen LogP contribution in [0, 0.1) is 0 Å². The SMILES string of the molecule is CC(CO)n1cnnc1-c1cccc(N2CC(F)(F)c3ccc(-n4cnc(C5CC5)c4)cc3C2=O)n1. The second-order valence-electron chi connectivity index (χ2n) is 9.28. The highest BCUT2D eigenvalue weighted by molar-refractivity contribution is 6.08. The molecule has 184 valence electrons. The van der Waals surface area contributed by atoms with Crippen molar-refractivity contribution in [2.45, 2.75) is 37.6 Å². The van der Waals surface area contributed by atoms with E-state index in [4.69, 9.17) is 0 Å². The van der Waals surface area contributed by atoms with Gasteiger partial charge < -0.3 is 14.2 Å². The molecule has 1 fully saturated rings. The van der Waals surface area contributed by atoms with Crippen LogP contribution in [0.5, 0.6) is 0 Å². The van der Waals surface area contributed by atoms with Crippen LogP contribution < -0.4 is 4.90 Å². The van der Waals surface area contributed by atoms with Gasteiger partial charge in [0, 0.05) is 23.4 Å². The molecule has 2 aliphatic rings. The molecule has 36 heavy (non-hydrogen) atoms. The number of benzene rings is 1. The van der Waals surface area contributed by atoms with Crippen LogP contribution >= 0.6 is 0 Å². The fourth-order valence-electron chi connectivity index (χ4n) is 4.48. The van der Waals surface area contributed by atoms with E-state index in [0.29, 0.717) is 23.1 Å². The van der Waals surface area contributed by atoms with Crippen LogP contribution in [0.1, 0.15) is 53.3 Å². The number of hydrogen-bond donors (Lipinski definition) is 1. The van der Waals surface area contributed by atoms with Gasteiger partial charge in [-0.25, -0.2) is 9.97 Å². The first-order chi connectivity index (χ1) is 17.4. The molecular formula is C25H23F2N7O2. The van der Waals surface area contributed by atoms with Crippen molar-refractivity contribution in [1.29, 1.82) is 0 Å². The number of carbonyl (C=O) groups excluding carboxylic acids is 1. The van der Waals surface area contributed by atoms with Gasteiger partial charge in [-0.3, -0.25) is 9.69 Å². The second-order valence-corrected chi connectivity index (χ2v) is 9.28. The Labute approximate surface area is 205 Å². The van der Waals surface area contributed by atoms with Gasteiger partial charge in [0.15, 0.2) is 5.82 Å². The molecule has 1 aliphatic heterocycles. The lowest BCUT2D eigenvalue weighted by molar-refractivity contribution is -0.00131. The molecular weight excluding hydrogens is 468 g/mol. The highest BCUT2D eigenvalue weighted by Gasteiger charge is 2.45. The number of fused-ring (bicyclic) bond motifs is 1. The minimum Gasteiger partial charge on any atom is -0.394 e. The number of alkyl halides is 2. The van der Waals surface area contributed by atoms with E-state index in [1.54, 1.807) is 40.6 Å². The van der Waals surface area contributed by atoms with Crippen LogP contribution in [-0.4, -0.2) is 53.5 Å². The number of aromatic nitrogens is 6. The summed E-state index contributed by atoms with van der Waals surface area (Å²) in [6, 6.07) is 8.88. The van der Waals surface area contributed by atoms with Crippen molar-refractivity contribution in [3.05, 3.63) is 72.1 Å². The van der Waals surface area contributed by atoms with Gasteiger partial charge >= 0.3 is 0 Å². The molecule has 1 aliphatic carbocycles. The minimum absolute atomic E-state index is 0.0744. The fourth-order valence-corrected chi connectivity index (χ4v) is 4.48. The van der Waals surface area contributed by atoms with E-state index in [1.165, 1.54) is 24.5 Å². The van der Waals surface area contributed by atoms with E-state index in [2.05, 4.69) is 20.2 Å². The largest absolute Gasteiger partial charge is 0.394 e. The van der Waals surface area contributed by atoms with Gasteiger partial charge in [-0.1, -0.05) is 12.1 Å². The molecule has 6 rings (SSSR count). The molecule has 0 saturated heterocycles. The number of halogens is 2. The Morgan fingerprint density at radius 3 is 2.81 bits per heavy atom. The number of pyridine rings is 1. The quantitative estimate of drug-likeness (QED) is 0.441. The Morgan fingerprint density at radius 2 is 2.03 bits per heavy atom. The molecule has 1 aromatic carbocycles. The normalized spacial score (nSPS) is 17.8. The Hall–Kier alpha value is -3.99. The lowest BCUT2D eigenvalue weighted by Gasteiger charge is -2.33. The average Bonchev–Trinajstić information content (AvgIpc) is 3.40. The zero-order chi connectivity index (χ0) is 25.0. The van der Waals surface area contributed by atoms with E-state index in [-0.39, 0.29) is 29.6 Å². The Balaban J connectivity index is 1.37. The molecule has 1 atom stereocenters. The number of aliphatic hydroxyl groups is 1. The van der Waals surface area contributed by atoms with Crippen LogP contribution in [0.4, 0.5) is 14.6 Å². The van der Waals surface area contributed by atoms with Gasteiger partial charge in [0.25, 0.3) is 11.8 Å². The summed E-state index contributed by atoms with van der Waals surface area (Å²) < 4.78 is 33.9. The van der Waals surface area contributed by atoms with Crippen molar-refractivity contribution in [2.75, 3.05) is 18.1 Å². The van der Waals surface area contributed by atoms with Crippen molar-refractivity contribution in [2.24, 2.45) is 0 Å². The maximum atomic E-state index is 15.3. The summed E-state index contributed by atoms with van der Waals surface area (Å²) in [5, 5.41) is 17.5. The van der Waals surface area contributed by atoms with Crippen molar-refractivity contribution in [3.8, 4) is 17.2 Å². The molecule has 1 amide bonds. The van der Waals surface area contributed by atoms with Crippen LogP contribution in [-0.2, 0) is 5.92 Å². The predicted octanol–water partition coefficient (Wildman–Crippen LogP) is 3.71. The van der Waals surface area contributed by atoms with Crippen molar-refractivity contribution < 1.29 is 18.7 Å². The zero-order valence-corrected chi connectivity index (χ0v) is 19.4. The third kappa shape index (κ3) is 3.76. The first-order valence-corrected chi connectivity index (χ1v) is 11.7. The number of carbonyl (C=O) groups is 1. The average molecular weight is 492 g/mol. The Kier molecular flexibility index (Phi) is 5.18. The molecule has 0 bridgehead atoms. The van der Waals surface area contributed by atoms with Crippen LogP contribution in [0.2, 0.25) is 0 Å². The number of amides is 1.